The van der Waals surface area contributed by atoms with Crippen molar-refractivity contribution in [2.45, 2.75) is 19.8 Å². The molecule has 0 aromatic carbocycles. The van der Waals surface area contributed by atoms with Crippen LogP contribution in [0.25, 0.3) is 16.9 Å². The Labute approximate surface area is 160 Å². The molecule has 0 radical (unpaired) electrons. The molecule has 0 spiro atoms. The Hall–Kier alpha value is -2.78. The molecular weight excluding hydrogens is 360 g/mol. The number of hydrogen-bond acceptors (Lipinski definition) is 7. The predicted octanol–water partition coefficient (Wildman–Crippen LogP) is 2.78. The summed E-state index contributed by atoms with van der Waals surface area (Å²) >= 11 is 1.43. The highest BCUT2D eigenvalue weighted by Crippen LogP contribution is 2.28. The van der Waals surface area contributed by atoms with E-state index >= 15 is 0 Å². The van der Waals surface area contributed by atoms with Gasteiger partial charge in [0.15, 0.2) is 11.5 Å². The maximum Gasteiger partial charge on any atom is 0.180 e. The van der Waals surface area contributed by atoms with Crippen LogP contribution in [0.3, 0.4) is 0 Å². The zero-order valence-electron chi connectivity index (χ0n) is 14.9. The molecule has 5 heterocycles. The molecule has 0 saturated carbocycles. The lowest BCUT2D eigenvalue weighted by atomic mass is 10.0. The maximum absolute atomic E-state index is 4.90. The maximum atomic E-state index is 4.90. The van der Waals surface area contributed by atoms with E-state index in [1.807, 2.05) is 31.6 Å². The topological polar surface area (TPSA) is 95.8 Å². The minimum Gasteiger partial charge on any atom is -0.328 e. The first-order chi connectivity index (χ1) is 13.3. The third-order valence-electron chi connectivity index (χ3n) is 4.87. The van der Waals surface area contributed by atoms with Gasteiger partial charge in [-0.15, -0.1) is 0 Å². The van der Waals surface area contributed by atoms with Crippen LogP contribution in [0.5, 0.6) is 0 Å². The normalized spacial score (nSPS) is 17.0. The minimum atomic E-state index is 0.620. The summed E-state index contributed by atoms with van der Waals surface area (Å²) in [5, 5.41) is 14.8. The number of imidazole rings is 1. The molecule has 1 atom stereocenters. The molecule has 0 aliphatic carbocycles. The summed E-state index contributed by atoms with van der Waals surface area (Å²) in [4.78, 5) is 9.52. The monoisotopic (exact) mass is 380 g/mol. The number of H-pyrrole nitrogens is 1. The van der Waals surface area contributed by atoms with Gasteiger partial charge in [0.25, 0.3) is 0 Å². The van der Waals surface area contributed by atoms with Crippen LogP contribution in [0, 0.1) is 12.8 Å². The predicted molar refractivity (Wildman–Crippen MR) is 105 cm³/mol. The average molecular weight is 380 g/mol. The molecule has 0 amide bonds. The van der Waals surface area contributed by atoms with Crippen LogP contribution in [-0.2, 0) is 6.42 Å². The first-order valence-electron chi connectivity index (χ1n) is 9.03. The summed E-state index contributed by atoms with van der Waals surface area (Å²) in [5.41, 5.74) is 4.85. The van der Waals surface area contributed by atoms with Crippen molar-refractivity contribution in [3.05, 3.63) is 42.2 Å². The van der Waals surface area contributed by atoms with Crippen molar-refractivity contribution in [3.8, 4) is 11.3 Å². The number of rotatable bonds is 5. The van der Waals surface area contributed by atoms with Gasteiger partial charge in [0.1, 0.15) is 5.00 Å². The van der Waals surface area contributed by atoms with E-state index in [2.05, 4.69) is 40.8 Å². The number of aryl methyl sites for hydroxylation is 1. The number of fused-ring (bicyclic) bond motifs is 1. The fourth-order valence-electron chi connectivity index (χ4n) is 3.55. The van der Waals surface area contributed by atoms with Crippen LogP contribution in [0.4, 0.5) is 10.8 Å². The van der Waals surface area contributed by atoms with Gasteiger partial charge in [0, 0.05) is 18.0 Å². The van der Waals surface area contributed by atoms with Crippen LogP contribution in [0.15, 0.2) is 30.9 Å². The van der Waals surface area contributed by atoms with Gasteiger partial charge < -0.3 is 10.6 Å². The largest absolute Gasteiger partial charge is 0.328 e. The quantitative estimate of drug-likeness (QED) is 0.493. The fraction of sp³-hybridized carbons (Fsp3) is 0.333. The molecule has 1 saturated heterocycles. The Morgan fingerprint density at radius 2 is 2.33 bits per heavy atom. The van der Waals surface area contributed by atoms with Crippen LogP contribution in [0.1, 0.15) is 17.8 Å². The lowest BCUT2D eigenvalue weighted by molar-refractivity contribution is 0.570. The summed E-state index contributed by atoms with van der Waals surface area (Å²) in [6.45, 7) is 4.12. The second kappa shape index (κ2) is 6.75. The van der Waals surface area contributed by atoms with Gasteiger partial charge >= 0.3 is 0 Å². The lowest BCUT2D eigenvalue weighted by Gasteiger charge is -2.12. The molecule has 138 valence electrons. The first kappa shape index (κ1) is 16.4. The zero-order chi connectivity index (χ0) is 18.2. The van der Waals surface area contributed by atoms with Gasteiger partial charge in [-0.25, -0.2) is 9.97 Å². The molecule has 1 fully saturated rings. The molecule has 3 N–H and O–H groups in total. The number of hydrogen-bond donors (Lipinski definition) is 3. The van der Waals surface area contributed by atoms with Crippen molar-refractivity contribution in [1.82, 2.24) is 34.3 Å². The second-order valence-electron chi connectivity index (χ2n) is 6.93. The van der Waals surface area contributed by atoms with Crippen LogP contribution in [-0.4, -0.2) is 42.0 Å². The Kier molecular flexibility index (Phi) is 4.10. The van der Waals surface area contributed by atoms with Crippen LogP contribution < -0.4 is 10.6 Å². The lowest BCUT2D eigenvalue weighted by Crippen LogP contribution is -2.12. The van der Waals surface area contributed by atoms with Crippen molar-refractivity contribution in [2.24, 2.45) is 5.92 Å². The smallest absolute Gasteiger partial charge is 0.180 e. The van der Waals surface area contributed by atoms with Gasteiger partial charge in [-0.2, -0.15) is 9.47 Å². The number of nitrogens with zero attached hydrogens (tertiary/aromatic N) is 5. The van der Waals surface area contributed by atoms with Gasteiger partial charge in [-0.05, 0) is 56.4 Å². The van der Waals surface area contributed by atoms with E-state index in [-0.39, 0.29) is 0 Å². The molecular formula is C18H20N8S. The van der Waals surface area contributed by atoms with E-state index in [9.17, 15) is 0 Å². The van der Waals surface area contributed by atoms with E-state index < -0.39 is 0 Å². The molecule has 1 aliphatic heterocycles. The number of aromatic nitrogens is 6. The standard InChI is InChI=1S/C18H20N8S/c1-11-4-16(27-25-11)24-17-18-20-9-15(13-7-21-22-8-13)26(18)10-14(23-17)5-12-2-3-19-6-12/h4,7-10,12,19H,2-3,5-6H2,1H3,(H,21,22)(H,23,24). The van der Waals surface area contributed by atoms with Crippen LogP contribution >= 0.6 is 11.5 Å². The third-order valence-corrected chi connectivity index (χ3v) is 5.66. The molecule has 0 bridgehead atoms. The second-order valence-corrected chi connectivity index (χ2v) is 7.73. The van der Waals surface area contributed by atoms with Gasteiger partial charge in [0.05, 0.1) is 29.5 Å². The number of nitrogens with one attached hydrogen (secondary N) is 3. The SMILES string of the molecule is Cc1cc(Nc2nc(CC3CCNC3)cn3c(-c4cn[nH]c4)cnc23)sn1. The molecule has 4 aromatic rings. The Morgan fingerprint density at radius 3 is 3.07 bits per heavy atom. The van der Waals surface area contributed by atoms with Crippen molar-refractivity contribution in [2.75, 3.05) is 18.4 Å². The Morgan fingerprint density at radius 1 is 1.37 bits per heavy atom. The molecule has 27 heavy (non-hydrogen) atoms. The van der Waals surface area contributed by atoms with Gasteiger partial charge in [0.2, 0.25) is 0 Å². The van der Waals surface area contributed by atoms with E-state index in [0.29, 0.717) is 5.92 Å². The molecule has 1 aliphatic rings. The highest BCUT2D eigenvalue weighted by Gasteiger charge is 2.19. The number of aromatic amines is 1. The van der Waals surface area contributed by atoms with Gasteiger partial charge in [-0.1, -0.05) is 0 Å². The van der Waals surface area contributed by atoms with E-state index in [4.69, 9.17) is 4.98 Å². The van der Waals surface area contributed by atoms with E-state index in [0.717, 1.165) is 58.6 Å². The van der Waals surface area contributed by atoms with Crippen molar-refractivity contribution >= 4 is 28.0 Å². The molecule has 1 unspecified atom stereocenters. The molecule has 4 aromatic heterocycles. The minimum absolute atomic E-state index is 0.620. The summed E-state index contributed by atoms with van der Waals surface area (Å²) in [5.74, 6) is 1.38. The molecule has 9 heteroatoms. The van der Waals surface area contributed by atoms with Crippen molar-refractivity contribution in [3.63, 3.8) is 0 Å². The summed E-state index contributed by atoms with van der Waals surface area (Å²) in [6.07, 6.45) is 9.80. The average Bonchev–Trinajstić information content (AvgIpc) is 3.42. The van der Waals surface area contributed by atoms with Crippen LogP contribution in [0.2, 0.25) is 0 Å². The highest BCUT2D eigenvalue weighted by molar-refractivity contribution is 7.10. The molecule has 5 rings (SSSR count). The van der Waals surface area contributed by atoms with E-state index in [1.165, 1.54) is 18.0 Å². The zero-order valence-corrected chi connectivity index (χ0v) is 15.8. The van der Waals surface area contributed by atoms with Crippen molar-refractivity contribution < 1.29 is 0 Å². The van der Waals surface area contributed by atoms with E-state index in [1.54, 1.807) is 0 Å². The van der Waals surface area contributed by atoms with Gasteiger partial charge in [-0.3, -0.25) is 9.50 Å². The summed E-state index contributed by atoms with van der Waals surface area (Å²) in [6, 6.07) is 2.02. The summed E-state index contributed by atoms with van der Waals surface area (Å²) < 4.78 is 6.45. The Balaban J connectivity index is 1.59. The first-order valence-corrected chi connectivity index (χ1v) is 9.81. The summed E-state index contributed by atoms with van der Waals surface area (Å²) in [7, 11) is 0. The highest BCUT2D eigenvalue weighted by atomic mass is 32.1. The third kappa shape index (κ3) is 3.19. The number of anilines is 2. The molecule has 8 nitrogen and oxygen atoms in total. The Bertz CT molecular complexity index is 1060. The fourth-order valence-corrected chi connectivity index (χ4v) is 4.21. The van der Waals surface area contributed by atoms with Crippen molar-refractivity contribution in [1.29, 1.82) is 0 Å².